The summed E-state index contributed by atoms with van der Waals surface area (Å²) in [5.74, 6) is 0.0716. The largest absolute Gasteiger partial charge is 0.537 e. The Kier molecular flexibility index (Phi) is 8.09. The van der Waals surface area contributed by atoms with Gasteiger partial charge in [0.25, 0.3) is 0 Å². The first-order chi connectivity index (χ1) is 15.8. The molecule has 176 valence electrons. The van der Waals surface area contributed by atoms with Crippen molar-refractivity contribution in [1.29, 1.82) is 0 Å². The fraction of sp³-hybridized carbons (Fsp3) is 0.320. The first-order valence-corrected chi connectivity index (χ1v) is 12.7. The summed E-state index contributed by atoms with van der Waals surface area (Å²) in [6.45, 7) is 7.18. The SMILES string of the molecule is CCO[Si](OCC)(OCC)c1ccc(C2=C/C(=C/c3ccc(N(C)C)cc3O)C(=O)O2)cc1. The van der Waals surface area contributed by atoms with E-state index in [0.717, 1.165) is 16.4 Å². The van der Waals surface area contributed by atoms with Gasteiger partial charge >= 0.3 is 14.8 Å². The van der Waals surface area contributed by atoms with Crippen molar-refractivity contribution in [2.24, 2.45) is 0 Å². The minimum absolute atomic E-state index is 0.0942. The topological polar surface area (TPSA) is 77.5 Å². The first-order valence-electron chi connectivity index (χ1n) is 11.0. The van der Waals surface area contributed by atoms with Gasteiger partial charge in [0.05, 0.1) is 5.57 Å². The minimum atomic E-state index is -3.00. The van der Waals surface area contributed by atoms with E-state index in [1.807, 2.05) is 70.1 Å². The number of carbonyl (C=O) groups excluding carboxylic acids is 1. The zero-order valence-electron chi connectivity index (χ0n) is 19.8. The number of anilines is 1. The average Bonchev–Trinajstić information content (AvgIpc) is 3.16. The van der Waals surface area contributed by atoms with E-state index in [2.05, 4.69) is 0 Å². The van der Waals surface area contributed by atoms with Gasteiger partial charge in [0.1, 0.15) is 11.5 Å². The highest BCUT2D eigenvalue weighted by molar-refractivity contribution is 6.75. The van der Waals surface area contributed by atoms with Crippen molar-refractivity contribution < 1.29 is 27.9 Å². The van der Waals surface area contributed by atoms with Crippen LogP contribution >= 0.6 is 0 Å². The molecule has 2 aromatic carbocycles. The molecule has 0 fully saturated rings. The van der Waals surface area contributed by atoms with Crippen molar-refractivity contribution in [3.05, 3.63) is 65.2 Å². The van der Waals surface area contributed by atoms with Crippen molar-refractivity contribution in [3.8, 4) is 5.75 Å². The van der Waals surface area contributed by atoms with E-state index in [1.54, 1.807) is 24.3 Å². The molecule has 0 aromatic heterocycles. The number of ether oxygens (including phenoxy) is 1. The third-order valence-corrected chi connectivity index (χ3v) is 8.14. The van der Waals surface area contributed by atoms with Crippen molar-refractivity contribution in [3.63, 3.8) is 0 Å². The molecule has 8 heteroatoms. The summed E-state index contributed by atoms with van der Waals surface area (Å²) in [5.41, 5.74) is 2.52. The van der Waals surface area contributed by atoms with Gasteiger partial charge in [-0.05, 0) is 45.1 Å². The maximum atomic E-state index is 12.4. The summed E-state index contributed by atoms with van der Waals surface area (Å²) < 4.78 is 23.3. The van der Waals surface area contributed by atoms with E-state index in [9.17, 15) is 9.90 Å². The van der Waals surface area contributed by atoms with Crippen LogP contribution in [0.2, 0.25) is 0 Å². The lowest BCUT2D eigenvalue weighted by atomic mass is 10.1. The van der Waals surface area contributed by atoms with Gasteiger partial charge < -0.3 is 28.0 Å². The Morgan fingerprint density at radius 2 is 1.58 bits per heavy atom. The zero-order valence-corrected chi connectivity index (χ0v) is 20.8. The Bertz CT molecular complexity index is 1030. The molecule has 1 heterocycles. The van der Waals surface area contributed by atoms with Crippen LogP contribution in [-0.4, -0.2) is 53.8 Å². The number of phenols is 1. The van der Waals surface area contributed by atoms with Gasteiger partial charge in [-0.2, -0.15) is 0 Å². The Balaban J connectivity index is 1.88. The fourth-order valence-corrected chi connectivity index (χ4v) is 5.98. The Hall–Kier alpha value is -2.91. The molecule has 1 aliphatic rings. The lowest BCUT2D eigenvalue weighted by Crippen LogP contribution is -2.56. The summed E-state index contributed by atoms with van der Waals surface area (Å²) in [7, 11) is 0.787. The standard InChI is InChI=1S/C25H31NO6Si/c1-6-29-33(30-7-2,31-8-3)22-13-10-18(11-14-22)24-16-20(25(28)32-24)15-19-9-12-21(26(4)5)17-23(19)27/h9-17,27H,6-8H2,1-5H3/b20-15-. The molecule has 0 bridgehead atoms. The van der Waals surface area contributed by atoms with Crippen LogP contribution in [0.1, 0.15) is 31.9 Å². The smallest absolute Gasteiger partial charge is 0.507 e. The summed E-state index contributed by atoms with van der Waals surface area (Å²) in [6.07, 6.45) is 3.30. The van der Waals surface area contributed by atoms with Gasteiger partial charge in [-0.1, -0.05) is 24.3 Å². The molecule has 2 aromatic rings. The molecule has 0 amide bonds. The van der Waals surface area contributed by atoms with Crippen LogP contribution < -0.4 is 10.1 Å². The second kappa shape index (κ2) is 10.8. The van der Waals surface area contributed by atoms with Gasteiger partial charge in [-0.3, -0.25) is 0 Å². The number of carbonyl (C=O) groups is 1. The third kappa shape index (κ3) is 5.54. The van der Waals surface area contributed by atoms with Gasteiger partial charge in [0, 0.05) is 62.0 Å². The highest BCUT2D eigenvalue weighted by Gasteiger charge is 2.43. The molecule has 1 aliphatic heterocycles. The number of phenolic OH excluding ortho intramolecular Hbond substituents is 1. The van der Waals surface area contributed by atoms with Crippen LogP contribution in [-0.2, 0) is 22.8 Å². The third-order valence-electron chi connectivity index (χ3n) is 5.09. The van der Waals surface area contributed by atoms with Crippen LogP contribution in [0.15, 0.2) is 54.1 Å². The molecule has 0 saturated heterocycles. The van der Waals surface area contributed by atoms with E-state index in [1.165, 1.54) is 0 Å². The molecule has 0 spiro atoms. The van der Waals surface area contributed by atoms with Crippen LogP contribution in [0, 0.1) is 0 Å². The molecule has 0 radical (unpaired) electrons. The quantitative estimate of drug-likeness (QED) is 0.323. The lowest BCUT2D eigenvalue weighted by molar-refractivity contribution is -0.130. The highest BCUT2D eigenvalue weighted by atomic mass is 28.4. The summed E-state index contributed by atoms with van der Waals surface area (Å²) in [4.78, 5) is 14.3. The van der Waals surface area contributed by atoms with Crippen molar-refractivity contribution in [2.45, 2.75) is 20.8 Å². The van der Waals surface area contributed by atoms with E-state index >= 15 is 0 Å². The summed E-state index contributed by atoms with van der Waals surface area (Å²) >= 11 is 0. The second-order valence-electron chi connectivity index (χ2n) is 7.57. The molecule has 3 rings (SSSR count). The number of cyclic esters (lactones) is 1. The van der Waals surface area contributed by atoms with Crippen molar-refractivity contribution >= 4 is 37.5 Å². The van der Waals surface area contributed by atoms with Crippen LogP contribution in [0.5, 0.6) is 5.75 Å². The molecular weight excluding hydrogens is 438 g/mol. The molecule has 33 heavy (non-hydrogen) atoms. The molecule has 0 unspecified atom stereocenters. The number of hydrogen-bond donors (Lipinski definition) is 1. The highest BCUT2D eigenvalue weighted by Crippen LogP contribution is 2.30. The number of aromatic hydroxyl groups is 1. The Labute approximate surface area is 196 Å². The number of hydrogen-bond acceptors (Lipinski definition) is 7. The van der Waals surface area contributed by atoms with Crippen LogP contribution in [0.25, 0.3) is 11.8 Å². The maximum Gasteiger partial charge on any atom is 0.537 e. The van der Waals surface area contributed by atoms with Gasteiger partial charge in [0.2, 0.25) is 0 Å². The Morgan fingerprint density at radius 1 is 0.970 bits per heavy atom. The molecule has 0 atom stereocenters. The van der Waals surface area contributed by atoms with E-state index in [0.29, 0.717) is 36.7 Å². The molecule has 0 saturated carbocycles. The second-order valence-corrected chi connectivity index (χ2v) is 10.1. The molecule has 7 nitrogen and oxygen atoms in total. The number of benzene rings is 2. The van der Waals surface area contributed by atoms with E-state index in [-0.39, 0.29) is 5.75 Å². The van der Waals surface area contributed by atoms with Crippen LogP contribution in [0.4, 0.5) is 5.69 Å². The van der Waals surface area contributed by atoms with Crippen LogP contribution in [0.3, 0.4) is 0 Å². The predicted octanol–water partition coefficient (Wildman–Crippen LogP) is 3.69. The minimum Gasteiger partial charge on any atom is -0.507 e. The number of esters is 1. The van der Waals surface area contributed by atoms with Gasteiger partial charge in [0.15, 0.2) is 0 Å². The lowest BCUT2D eigenvalue weighted by Gasteiger charge is -2.28. The first kappa shape index (κ1) is 24.7. The van der Waals surface area contributed by atoms with Gasteiger partial charge in [-0.15, -0.1) is 0 Å². The Morgan fingerprint density at radius 3 is 2.09 bits per heavy atom. The normalized spacial score (nSPS) is 15.0. The van der Waals surface area contributed by atoms with E-state index in [4.69, 9.17) is 18.0 Å². The predicted molar refractivity (Wildman–Crippen MR) is 131 cm³/mol. The number of rotatable bonds is 10. The van der Waals surface area contributed by atoms with Gasteiger partial charge in [-0.25, -0.2) is 4.79 Å². The maximum absolute atomic E-state index is 12.4. The zero-order chi connectivity index (χ0) is 24.0. The monoisotopic (exact) mass is 469 g/mol. The molecular formula is C25H31NO6Si. The molecule has 0 aliphatic carbocycles. The summed E-state index contributed by atoms with van der Waals surface area (Å²) in [5, 5.41) is 11.2. The summed E-state index contributed by atoms with van der Waals surface area (Å²) in [6, 6.07) is 12.8. The molecule has 1 N–H and O–H groups in total. The average molecular weight is 470 g/mol. The number of nitrogens with zero attached hydrogens (tertiary/aromatic N) is 1. The van der Waals surface area contributed by atoms with Crippen molar-refractivity contribution in [1.82, 2.24) is 0 Å². The fourth-order valence-electron chi connectivity index (χ4n) is 3.51. The van der Waals surface area contributed by atoms with Crippen molar-refractivity contribution in [2.75, 3.05) is 38.8 Å². The van der Waals surface area contributed by atoms with E-state index < -0.39 is 14.8 Å².